The molecule has 1 N–H and O–H groups in total. The number of unbranched alkanes of at least 4 members (excludes halogenated alkanes) is 2. The summed E-state index contributed by atoms with van der Waals surface area (Å²) in [4.78, 5) is 36.5. The molecular formula is C15H21N3O6. The van der Waals surface area contributed by atoms with Crippen molar-refractivity contribution in [3.63, 3.8) is 0 Å². The molecule has 0 aliphatic carbocycles. The highest BCUT2D eigenvalue weighted by Gasteiger charge is 2.21. The van der Waals surface area contributed by atoms with Crippen molar-refractivity contribution >= 4 is 17.9 Å². The van der Waals surface area contributed by atoms with Crippen molar-refractivity contribution < 1.29 is 29.0 Å². The Morgan fingerprint density at radius 1 is 1.12 bits per heavy atom. The molecule has 24 heavy (non-hydrogen) atoms. The van der Waals surface area contributed by atoms with Crippen LogP contribution in [0.4, 0.5) is 0 Å². The lowest BCUT2D eigenvalue weighted by Gasteiger charge is -2.13. The second-order valence-corrected chi connectivity index (χ2v) is 4.87. The third-order valence-corrected chi connectivity index (χ3v) is 2.89. The number of aliphatic carboxylic acids is 1. The third-order valence-electron chi connectivity index (χ3n) is 2.89. The zero-order chi connectivity index (χ0) is 18.2. The van der Waals surface area contributed by atoms with Gasteiger partial charge in [-0.15, -0.1) is 12.3 Å². The smallest absolute Gasteiger partial charge is 0.313 e. The van der Waals surface area contributed by atoms with Gasteiger partial charge in [0.15, 0.2) is 0 Å². The number of rotatable bonds is 13. The number of carboxylic acids is 1. The number of ether oxygens (including phenoxy) is 2. The molecule has 0 saturated heterocycles. The van der Waals surface area contributed by atoms with Gasteiger partial charge in [-0.25, -0.2) is 0 Å². The zero-order valence-corrected chi connectivity index (χ0v) is 13.3. The van der Waals surface area contributed by atoms with Gasteiger partial charge in [0.25, 0.3) is 0 Å². The van der Waals surface area contributed by atoms with E-state index in [0.29, 0.717) is 25.7 Å². The fraction of sp³-hybridized carbons (Fsp3) is 0.667. The number of hydrogen-bond acceptors (Lipinski definition) is 6. The molecular weight excluding hydrogens is 318 g/mol. The molecule has 0 radical (unpaired) electrons. The molecule has 0 aliphatic rings. The van der Waals surface area contributed by atoms with Gasteiger partial charge in [-0.2, -0.15) is 0 Å². The zero-order valence-electron chi connectivity index (χ0n) is 13.3. The first-order valence-electron chi connectivity index (χ1n) is 7.49. The normalized spacial score (nSPS) is 10.8. The van der Waals surface area contributed by atoms with E-state index in [9.17, 15) is 14.4 Å². The summed E-state index contributed by atoms with van der Waals surface area (Å²) in [5.41, 5.74) is 8.09. The van der Waals surface area contributed by atoms with Crippen LogP contribution in [0.2, 0.25) is 0 Å². The molecule has 0 heterocycles. The lowest BCUT2D eigenvalue weighted by atomic mass is 10.2. The highest BCUT2D eigenvalue weighted by Crippen LogP contribution is 2.05. The lowest BCUT2D eigenvalue weighted by Crippen LogP contribution is -2.27. The summed E-state index contributed by atoms with van der Waals surface area (Å²) < 4.78 is 9.71. The van der Waals surface area contributed by atoms with Crippen LogP contribution in [0.5, 0.6) is 0 Å². The first kappa shape index (κ1) is 21.3. The molecule has 0 spiro atoms. The van der Waals surface area contributed by atoms with Gasteiger partial charge >= 0.3 is 17.9 Å². The monoisotopic (exact) mass is 339 g/mol. The van der Waals surface area contributed by atoms with Gasteiger partial charge in [0.1, 0.15) is 19.1 Å². The predicted molar refractivity (Wildman–Crippen MR) is 83.6 cm³/mol. The Labute approximate surface area is 139 Å². The van der Waals surface area contributed by atoms with Gasteiger partial charge in [0.05, 0.1) is 0 Å². The van der Waals surface area contributed by atoms with Crippen LogP contribution in [0, 0.1) is 18.3 Å². The van der Waals surface area contributed by atoms with Gasteiger partial charge in [-0.05, 0) is 24.8 Å². The minimum absolute atomic E-state index is 0.0964. The number of nitrogens with zero attached hydrogens (tertiary/aromatic N) is 3. The molecule has 0 rings (SSSR count). The Hall–Kier alpha value is -2.72. The van der Waals surface area contributed by atoms with Gasteiger partial charge in [0.2, 0.25) is 0 Å². The number of carbonyl (C=O) groups is 3. The van der Waals surface area contributed by atoms with Crippen LogP contribution in [0.1, 0.15) is 38.5 Å². The highest BCUT2D eigenvalue weighted by atomic mass is 16.5. The quantitative estimate of drug-likeness (QED) is 0.136. The summed E-state index contributed by atoms with van der Waals surface area (Å²) in [7, 11) is 0. The maximum absolute atomic E-state index is 11.5. The van der Waals surface area contributed by atoms with E-state index in [2.05, 4.69) is 15.9 Å². The summed E-state index contributed by atoms with van der Waals surface area (Å²) in [6.45, 7) is -0.451. The van der Waals surface area contributed by atoms with Crippen LogP contribution >= 0.6 is 0 Å². The SMILES string of the molecule is C#CCCCC(=O)OCC(COC(=O)CCCCN=[N+]=[N-])C(=O)O. The summed E-state index contributed by atoms with van der Waals surface area (Å²) in [5, 5.41) is 12.4. The highest BCUT2D eigenvalue weighted by molar-refractivity contribution is 5.73. The Morgan fingerprint density at radius 3 is 2.21 bits per heavy atom. The molecule has 0 aromatic heterocycles. The fourth-order valence-corrected chi connectivity index (χ4v) is 1.55. The van der Waals surface area contributed by atoms with Crippen molar-refractivity contribution in [3.8, 4) is 12.3 Å². The van der Waals surface area contributed by atoms with Crippen LogP contribution in [0.25, 0.3) is 10.4 Å². The van der Waals surface area contributed by atoms with E-state index in [4.69, 9.17) is 26.5 Å². The minimum atomic E-state index is -1.22. The van der Waals surface area contributed by atoms with Gasteiger partial charge in [-0.3, -0.25) is 14.4 Å². The molecule has 132 valence electrons. The van der Waals surface area contributed by atoms with E-state index in [1.165, 1.54) is 0 Å². The van der Waals surface area contributed by atoms with Gasteiger partial charge < -0.3 is 14.6 Å². The Morgan fingerprint density at radius 2 is 1.71 bits per heavy atom. The maximum Gasteiger partial charge on any atom is 0.313 e. The molecule has 0 bridgehead atoms. The Balaban J connectivity index is 4.01. The second-order valence-electron chi connectivity index (χ2n) is 4.87. The van der Waals surface area contributed by atoms with Crippen molar-refractivity contribution in [2.45, 2.75) is 38.5 Å². The van der Waals surface area contributed by atoms with E-state index < -0.39 is 23.8 Å². The summed E-state index contributed by atoms with van der Waals surface area (Å²) in [6.07, 6.45) is 7.18. The van der Waals surface area contributed by atoms with E-state index in [0.717, 1.165) is 0 Å². The third kappa shape index (κ3) is 11.9. The van der Waals surface area contributed by atoms with Crippen molar-refractivity contribution in [3.05, 3.63) is 10.4 Å². The number of carbonyl (C=O) groups excluding carboxylic acids is 2. The maximum atomic E-state index is 11.5. The molecule has 0 aromatic rings. The van der Waals surface area contributed by atoms with Crippen LogP contribution in [-0.2, 0) is 23.9 Å². The van der Waals surface area contributed by atoms with Crippen LogP contribution in [-0.4, -0.2) is 42.8 Å². The number of terminal acetylenes is 1. The Kier molecular flexibility index (Phi) is 12.3. The summed E-state index contributed by atoms with van der Waals surface area (Å²) in [5.74, 6) is -1.05. The predicted octanol–water partition coefficient (Wildman–Crippen LogP) is 2.06. The van der Waals surface area contributed by atoms with Gasteiger partial charge in [-0.1, -0.05) is 5.11 Å². The van der Waals surface area contributed by atoms with E-state index >= 15 is 0 Å². The molecule has 9 heteroatoms. The Bertz CT molecular complexity index is 508. The summed E-state index contributed by atoms with van der Waals surface area (Å²) >= 11 is 0. The largest absolute Gasteiger partial charge is 0.481 e. The van der Waals surface area contributed by atoms with Crippen molar-refractivity contribution in [2.24, 2.45) is 11.0 Å². The fourth-order valence-electron chi connectivity index (χ4n) is 1.55. The standard InChI is InChI=1S/C15H21N3O6/c1-2-3-4-7-13(19)23-10-12(15(21)22)11-24-14(20)8-5-6-9-17-18-16/h1,12H,3-11H2,(H,21,22). The number of azide groups is 1. The summed E-state index contributed by atoms with van der Waals surface area (Å²) in [6, 6.07) is 0. The van der Waals surface area contributed by atoms with Crippen LogP contribution in [0.15, 0.2) is 5.11 Å². The molecule has 0 saturated carbocycles. The number of carboxylic acid groups (broad SMARTS) is 1. The molecule has 0 fully saturated rings. The molecule has 0 aromatic carbocycles. The van der Waals surface area contributed by atoms with Gasteiger partial charge in [0, 0.05) is 30.7 Å². The van der Waals surface area contributed by atoms with Crippen molar-refractivity contribution in [2.75, 3.05) is 19.8 Å². The first-order valence-corrected chi connectivity index (χ1v) is 7.49. The molecule has 0 amide bonds. The molecule has 1 atom stereocenters. The van der Waals surface area contributed by atoms with E-state index in [-0.39, 0.29) is 32.6 Å². The number of hydrogen-bond donors (Lipinski definition) is 1. The topological polar surface area (TPSA) is 139 Å². The average molecular weight is 339 g/mol. The van der Waals surface area contributed by atoms with Crippen molar-refractivity contribution in [1.29, 1.82) is 0 Å². The lowest BCUT2D eigenvalue weighted by molar-refractivity contribution is -0.156. The van der Waals surface area contributed by atoms with E-state index in [1.54, 1.807) is 0 Å². The first-order chi connectivity index (χ1) is 11.5. The van der Waals surface area contributed by atoms with E-state index in [1.807, 2.05) is 0 Å². The second kappa shape index (κ2) is 13.9. The minimum Gasteiger partial charge on any atom is -0.481 e. The van der Waals surface area contributed by atoms with Crippen LogP contribution < -0.4 is 0 Å². The molecule has 1 unspecified atom stereocenters. The molecule has 0 aliphatic heterocycles. The molecule has 9 nitrogen and oxygen atoms in total. The van der Waals surface area contributed by atoms with Crippen LogP contribution in [0.3, 0.4) is 0 Å². The number of esters is 2. The average Bonchev–Trinajstić information content (AvgIpc) is 2.54. The van der Waals surface area contributed by atoms with Crippen molar-refractivity contribution in [1.82, 2.24) is 0 Å².